The number of hydrogen-bond acceptors (Lipinski definition) is 5. The number of nitrogens with two attached hydrogens (primary N) is 1. The van der Waals surface area contributed by atoms with Gasteiger partial charge in [-0.1, -0.05) is 12.1 Å². The number of nitrogens with one attached hydrogen (secondary N) is 1. The van der Waals surface area contributed by atoms with E-state index >= 15 is 0 Å². The number of sulfonamides is 1. The summed E-state index contributed by atoms with van der Waals surface area (Å²) in [6, 6.07) is 6.06. The molecule has 27 heavy (non-hydrogen) atoms. The zero-order valence-electron chi connectivity index (χ0n) is 14.3. The monoisotopic (exact) mass is 391 g/mol. The number of hydrogen-bond donors (Lipinski definition) is 3. The maximum atomic E-state index is 12.8. The first-order valence-corrected chi connectivity index (χ1v) is 9.49. The van der Waals surface area contributed by atoms with Gasteiger partial charge in [0.05, 0.1) is 10.6 Å². The third kappa shape index (κ3) is 3.24. The van der Waals surface area contributed by atoms with Crippen molar-refractivity contribution in [3.8, 4) is 0 Å². The Morgan fingerprint density at radius 2 is 1.96 bits per heavy atom. The molecule has 1 aliphatic heterocycles. The van der Waals surface area contributed by atoms with Crippen molar-refractivity contribution in [3.63, 3.8) is 0 Å². The Morgan fingerprint density at radius 3 is 2.59 bits per heavy atom. The van der Waals surface area contributed by atoms with Crippen molar-refractivity contribution >= 4 is 44.3 Å². The van der Waals surface area contributed by atoms with E-state index in [1.165, 1.54) is 17.0 Å². The van der Waals surface area contributed by atoms with E-state index in [4.69, 9.17) is 5.73 Å². The van der Waals surface area contributed by atoms with Gasteiger partial charge in [0.25, 0.3) is 5.91 Å². The lowest BCUT2D eigenvalue weighted by Gasteiger charge is -2.16. The summed E-state index contributed by atoms with van der Waals surface area (Å²) in [6.45, 7) is 0. The van der Waals surface area contributed by atoms with Crippen LogP contribution in [0.25, 0.3) is 10.8 Å². The highest BCUT2D eigenvalue weighted by molar-refractivity contribution is 7.89. The molecule has 0 fully saturated rings. The molecule has 10 heteroatoms. The lowest BCUT2D eigenvalue weighted by Crippen LogP contribution is -2.41. The molecule has 2 amide bonds. The van der Waals surface area contributed by atoms with E-state index in [2.05, 4.69) is 4.72 Å². The SMILES string of the molecule is CN1C(=O)c2cccc3c(S(=O)(=O)N[C@@H](CCC(N)=O)C(=O)O)ccc1c23. The summed E-state index contributed by atoms with van der Waals surface area (Å²) in [5.41, 5.74) is 5.97. The van der Waals surface area contributed by atoms with Gasteiger partial charge >= 0.3 is 5.97 Å². The normalized spacial score (nSPS) is 14.6. The highest BCUT2D eigenvalue weighted by atomic mass is 32.2. The average molecular weight is 391 g/mol. The van der Waals surface area contributed by atoms with Gasteiger partial charge in [-0.05, 0) is 24.6 Å². The first-order valence-electron chi connectivity index (χ1n) is 8.00. The molecule has 0 aliphatic carbocycles. The Balaban J connectivity index is 2.06. The van der Waals surface area contributed by atoms with Crippen molar-refractivity contribution in [3.05, 3.63) is 35.9 Å². The predicted octanol–water partition coefficient (Wildman–Crippen LogP) is 0.427. The second-order valence-electron chi connectivity index (χ2n) is 6.19. The number of amides is 2. The molecule has 0 radical (unpaired) electrons. The molecule has 2 aromatic carbocycles. The van der Waals surface area contributed by atoms with Crippen LogP contribution in [0.3, 0.4) is 0 Å². The number of nitrogens with zero attached hydrogens (tertiary/aromatic N) is 1. The first-order chi connectivity index (χ1) is 12.6. The van der Waals surface area contributed by atoms with Crippen LogP contribution in [0.4, 0.5) is 5.69 Å². The topological polar surface area (TPSA) is 147 Å². The molecule has 0 saturated carbocycles. The second-order valence-corrected chi connectivity index (χ2v) is 7.87. The number of carbonyl (C=O) groups is 3. The molecule has 142 valence electrons. The molecule has 4 N–H and O–H groups in total. The summed E-state index contributed by atoms with van der Waals surface area (Å²) >= 11 is 0. The van der Waals surface area contributed by atoms with Crippen LogP contribution in [-0.2, 0) is 19.6 Å². The summed E-state index contributed by atoms with van der Waals surface area (Å²) < 4.78 is 27.7. The molecule has 9 nitrogen and oxygen atoms in total. The van der Waals surface area contributed by atoms with Crippen molar-refractivity contribution in [2.75, 3.05) is 11.9 Å². The van der Waals surface area contributed by atoms with Gasteiger partial charge in [-0.15, -0.1) is 0 Å². The zero-order chi connectivity index (χ0) is 19.9. The van der Waals surface area contributed by atoms with Crippen molar-refractivity contribution in [1.82, 2.24) is 4.72 Å². The maximum Gasteiger partial charge on any atom is 0.321 e. The largest absolute Gasteiger partial charge is 0.480 e. The van der Waals surface area contributed by atoms with Gasteiger partial charge in [0.1, 0.15) is 6.04 Å². The van der Waals surface area contributed by atoms with Crippen LogP contribution in [0.5, 0.6) is 0 Å². The van der Waals surface area contributed by atoms with E-state index in [9.17, 15) is 27.9 Å². The minimum absolute atomic E-state index is 0.142. The van der Waals surface area contributed by atoms with E-state index in [1.54, 1.807) is 25.2 Å². The van der Waals surface area contributed by atoms with E-state index in [0.717, 1.165) is 0 Å². The maximum absolute atomic E-state index is 12.8. The average Bonchev–Trinajstić information content (AvgIpc) is 2.85. The summed E-state index contributed by atoms with van der Waals surface area (Å²) in [5, 5.41) is 10.1. The van der Waals surface area contributed by atoms with Gasteiger partial charge in [-0.25, -0.2) is 8.42 Å². The Kier molecular flexibility index (Phi) is 4.62. The molecule has 0 saturated heterocycles. The summed E-state index contributed by atoms with van der Waals surface area (Å²) in [7, 11) is -2.64. The molecule has 2 aromatic rings. The van der Waals surface area contributed by atoms with Crippen molar-refractivity contribution < 1.29 is 27.9 Å². The third-order valence-corrected chi connectivity index (χ3v) is 5.97. The van der Waals surface area contributed by atoms with E-state index < -0.39 is 27.9 Å². The van der Waals surface area contributed by atoms with Crippen LogP contribution in [0.2, 0.25) is 0 Å². The van der Waals surface area contributed by atoms with Crippen molar-refractivity contribution in [2.45, 2.75) is 23.8 Å². The smallest absolute Gasteiger partial charge is 0.321 e. The van der Waals surface area contributed by atoms with Crippen LogP contribution in [0, 0.1) is 0 Å². The number of rotatable bonds is 7. The molecular weight excluding hydrogens is 374 g/mol. The Hall–Kier alpha value is -2.98. The standard InChI is InChI=1S/C17H17N3O6S/c1-20-12-6-7-13(9-3-2-4-10(15(9)12)16(20)22)27(25,26)19-11(17(23)24)5-8-14(18)21/h2-4,6-7,11,19H,5,8H2,1H3,(H2,18,21)(H,23,24)/t11-/m0/s1. The Bertz CT molecular complexity index is 1080. The number of carboxylic acids is 1. The van der Waals surface area contributed by atoms with E-state index in [0.29, 0.717) is 22.0 Å². The number of anilines is 1. The lowest BCUT2D eigenvalue weighted by atomic mass is 10.1. The summed E-state index contributed by atoms with van der Waals surface area (Å²) in [6.07, 6.45) is -0.547. The van der Waals surface area contributed by atoms with Gasteiger partial charge in [0.2, 0.25) is 15.9 Å². The molecular formula is C17H17N3O6S. The van der Waals surface area contributed by atoms with Crippen LogP contribution in [0.15, 0.2) is 35.2 Å². The summed E-state index contributed by atoms with van der Waals surface area (Å²) in [5.74, 6) is -2.39. The van der Waals surface area contributed by atoms with Crippen LogP contribution < -0.4 is 15.4 Å². The van der Waals surface area contributed by atoms with E-state index in [1.807, 2.05) is 0 Å². The van der Waals surface area contributed by atoms with Gasteiger partial charge in [0.15, 0.2) is 0 Å². The van der Waals surface area contributed by atoms with Crippen LogP contribution >= 0.6 is 0 Å². The Labute approximate surface area is 154 Å². The van der Waals surface area contributed by atoms with Crippen LogP contribution in [0.1, 0.15) is 23.2 Å². The minimum atomic E-state index is -4.23. The fourth-order valence-corrected chi connectivity index (χ4v) is 4.54. The number of primary amides is 1. The number of benzene rings is 2. The van der Waals surface area contributed by atoms with Crippen molar-refractivity contribution in [1.29, 1.82) is 0 Å². The fraction of sp³-hybridized carbons (Fsp3) is 0.235. The lowest BCUT2D eigenvalue weighted by molar-refractivity contribution is -0.139. The summed E-state index contributed by atoms with van der Waals surface area (Å²) in [4.78, 5) is 35.8. The molecule has 1 atom stereocenters. The zero-order valence-corrected chi connectivity index (χ0v) is 15.1. The number of carboxylic acid groups (broad SMARTS) is 1. The molecule has 3 rings (SSSR count). The molecule has 1 aliphatic rings. The fourth-order valence-electron chi connectivity index (χ4n) is 3.11. The van der Waals surface area contributed by atoms with Gasteiger partial charge in [0, 0.05) is 29.8 Å². The highest BCUT2D eigenvalue weighted by Crippen LogP contribution is 2.39. The Morgan fingerprint density at radius 1 is 1.26 bits per heavy atom. The van der Waals surface area contributed by atoms with E-state index in [-0.39, 0.29) is 23.6 Å². The third-order valence-electron chi connectivity index (χ3n) is 4.44. The van der Waals surface area contributed by atoms with Gasteiger partial charge in [-0.3, -0.25) is 14.4 Å². The molecule has 0 bridgehead atoms. The van der Waals surface area contributed by atoms with Gasteiger partial charge < -0.3 is 15.7 Å². The highest BCUT2D eigenvalue weighted by Gasteiger charge is 2.32. The molecule has 0 aromatic heterocycles. The van der Waals surface area contributed by atoms with Crippen LogP contribution in [-0.4, -0.2) is 44.4 Å². The molecule has 0 spiro atoms. The number of carbonyl (C=O) groups excluding carboxylic acids is 2. The van der Waals surface area contributed by atoms with Crippen molar-refractivity contribution in [2.24, 2.45) is 5.73 Å². The minimum Gasteiger partial charge on any atom is -0.480 e. The quantitative estimate of drug-likeness (QED) is 0.623. The molecule has 0 unspecified atom stereocenters. The van der Waals surface area contributed by atoms with Gasteiger partial charge in [-0.2, -0.15) is 4.72 Å². The predicted molar refractivity (Wildman–Crippen MR) is 96.9 cm³/mol. The number of aliphatic carboxylic acids is 1. The second kappa shape index (κ2) is 6.63. The first kappa shape index (κ1) is 18.8. The molecule has 1 heterocycles.